The van der Waals surface area contributed by atoms with Crippen LogP contribution in [0.5, 0.6) is 11.5 Å². The lowest BCUT2D eigenvalue weighted by Gasteiger charge is -2.17. The number of carbonyl (C=O) groups is 3. The number of benzene rings is 2. The maximum absolute atomic E-state index is 12.4. The quantitative estimate of drug-likeness (QED) is 0.652. The van der Waals surface area contributed by atoms with E-state index < -0.39 is 24.4 Å². The van der Waals surface area contributed by atoms with Crippen molar-refractivity contribution in [2.75, 3.05) is 30.5 Å². The van der Waals surface area contributed by atoms with Gasteiger partial charge >= 0.3 is 5.97 Å². The number of hydrogen-bond acceptors (Lipinski definition) is 6. The van der Waals surface area contributed by atoms with Crippen molar-refractivity contribution in [3.8, 4) is 11.5 Å². The van der Waals surface area contributed by atoms with Gasteiger partial charge in [0.05, 0.1) is 19.1 Å². The molecule has 0 unspecified atom stereocenters. The van der Waals surface area contributed by atoms with Crippen LogP contribution in [0.1, 0.15) is 20.3 Å². The average molecular weight is 426 g/mol. The number of nitrogens with zero attached hydrogens (tertiary/aromatic N) is 1. The molecular formula is C23H26N2O6. The third kappa shape index (κ3) is 5.97. The molecule has 1 saturated heterocycles. The summed E-state index contributed by atoms with van der Waals surface area (Å²) in [6.07, 6.45) is 0.101. The summed E-state index contributed by atoms with van der Waals surface area (Å²) < 4.78 is 15.8. The Kier molecular flexibility index (Phi) is 7.12. The van der Waals surface area contributed by atoms with Crippen LogP contribution in [-0.2, 0) is 19.1 Å². The minimum Gasteiger partial charge on any atom is -0.497 e. The summed E-state index contributed by atoms with van der Waals surface area (Å²) in [6, 6.07) is 13.9. The fraction of sp³-hybridized carbons (Fsp3) is 0.348. The van der Waals surface area contributed by atoms with Crippen LogP contribution in [0.4, 0.5) is 11.4 Å². The lowest BCUT2D eigenvalue weighted by molar-refractivity contribution is -0.151. The Morgan fingerprint density at radius 1 is 1.06 bits per heavy atom. The summed E-state index contributed by atoms with van der Waals surface area (Å²) in [4.78, 5) is 38.3. The number of hydrogen-bond donors (Lipinski definition) is 1. The molecule has 3 rings (SSSR count). The molecule has 2 amide bonds. The van der Waals surface area contributed by atoms with Crippen molar-refractivity contribution in [1.82, 2.24) is 0 Å². The number of methoxy groups -OCH3 is 1. The minimum absolute atomic E-state index is 0.0448. The lowest BCUT2D eigenvalue weighted by Crippen LogP contribution is -2.28. The molecule has 0 bridgehead atoms. The zero-order valence-electron chi connectivity index (χ0n) is 17.8. The fourth-order valence-corrected chi connectivity index (χ4v) is 3.22. The van der Waals surface area contributed by atoms with Crippen molar-refractivity contribution in [3.63, 3.8) is 0 Å². The molecule has 1 fully saturated rings. The molecule has 31 heavy (non-hydrogen) atoms. The summed E-state index contributed by atoms with van der Waals surface area (Å²) in [5.41, 5.74) is 1.25. The first-order valence-corrected chi connectivity index (χ1v) is 10.0. The molecule has 0 aliphatic carbocycles. The van der Waals surface area contributed by atoms with Crippen molar-refractivity contribution in [3.05, 3.63) is 48.5 Å². The summed E-state index contributed by atoms with van der Waals surface area (Å²) in [6.45, 7) is 3.66. The number of anilines is 2. The van der Waals surface area contributed by atoms with Crippen molar-refractivity contribution in [2.45, 2.75) is 26.4 Å². The molecule has 2 aromatic carbocycles. The maximum Gasteiger partial charge on any atom is 0.311 e. The van der Waals surface area contributed by atoms with Crippen molar-refractivity contribution < 1.29 is 28.6 Å². The van der Waals surface area contributed by atoms with Crippen LogP contribution in [0.3, 0.4) is 0 Å². The first kappa shape index (κ1) is 22.1. The Morgan fingerprint density at radius 3 is 2.32 bits per heavy atom. The van der Waals surface area contributed by atoms with Gasteiger partial charge in [-0.3, -0.25) is 14.4 Å². The van der Waals surface area contributed by atoms with Gasteiger partial charge in [0.25, 0.3) is 5.91 Å². The van der Waals surface area contributed by atoms with E-state index in [-0.39, 0.29) is 25.0 Å². The number of rotatable bonds is 8. The number of esters is 1. The molecule has 2 aromatic rings. The van der Waals surface area contributed by atoms with E-state index in [0.717, 1.165) is 0 Å². The highest BCUT2D eigenvalue weighted by molar-refractivity contribution is 6.00. The van der Waals surface area contributed by atoms with Gasteiger partial charge in [-0.1, -0.05) is 0 Å². The average Bonchev–Trinajstić information content (AvgIpc) is 3.14. The van der Waals surface area contributed by atoms with Gasteiger partial charge in [-0.05, 0) is 62.4 Å². The van der Waals surface area contributed by atoms with E-state index in [9.17, 15) is 14.4 Å². The second kappa shape index (κ2) is 9.97. The molecule has 1 atom stereocenters. The molecule has 1 aliphatic rings. The van der Waals surface area contributed by atoms with Gasteiger partial charge < -0.3 is 24.4 Å². The first-order valence-electron chi connectivity index (χ1n) is 10.0. The van der Waals surface area contributed by atoms with Gasteiger partial charge in [0.15, 0.2) is 6.61 Å². The predicted molar refractivity (Wildman–Crippen MR) is 115 cm³/mol. The third-order valence-electron chi connectivity index (χ3n) is 4.70. The maximum atomic E-state index is 12.4. The molecule has 8 nitrogen and oxygen atoms in total. The Balaban J connectivity index is 1.49. The van der Waals surface area contributed by atoms with Crippen molar-refractivity contribution in [2.24, 2.45) is 5.92 Å². The topological polar surface area (TPSA) is 94.2 Å². The minimum atomic E-state index is -0.618. The molecule has 164 valence electrons. The number of carbonyl (C=O) groups excluding carboxylic acids is 3. The van der Waals surface area contributed by atoms with E-state index in [2.05, 4.69) is 5.32 Å². The van der Waals surface area contributed by atoms with E-state index >= 15 is 0 Å². The Bertz CT molecular complexity index is 924. The highest BCUT2D eigenvalue weighted by Crippen LogP contribution is 2.27. The summed E-state index contributed by atoms with van der Waals surface area (Å²) in [5, 5.41) is 2.64. The lowest BCUT2D eigenvalue weighted by atomic mass is 10.1. The molecular weight excluding hydrogens is 400 g/mol. The largest absolute Gasteiger partial charge is 0.497 e. The Hall–Kier alpha value is -3.55. The second-order valence-corrected chi connectivity index (χ2v) is 7.45. The van der Waals surface area contributed by atoms with E-state index in [1.165, 1.54) is 0 Å². The molecule has 0 saturated carbocycles. The molecule has 1 aliphatic heterocycles. The van der Waals surface area contributed by atoms with Gasteiger partial charge in [-0.15, -0.1) is 0 Å². The SMILES string of the molecule is COc1ccc(NC(=O)COC(=O)[C@@H]2CC(=O)N(c3ccc(OC(C)C)cc3)C2)cc1. The van der Waals surface area contributed by atoms with Crippen LogP contribution in [0, 0.1) is 5.92 Å². The predicted octanol–water partition coefficient (Wildman–Crippen LogP) is 3.02. The highest BCUT2D eigenvalue weighted by Gasteiger charge is 2.36. The number of ether oxygens (including phenoxy) is 3. The van der Waals surface area contributed by atoms with Crippen LogP contribution in [-0.4, -0.2) is 44.1 Å². The fourth-order valence-electron chi connectivity index (χ4n) is 3.22. The zero-order chi connectivity index (χ0) is 22.4. The van der Waals surface area contributed by atoms with Gasteiger partial charge in [0.2, 0.25) is 5.91 Å². The van der Waals surface area contributed by atoms with E-state index in [4.69, 9.17) is 14.2 Å². The smallest absolute Gasteiger partial charge is 0.311 e. The molecule has 0 radical (unpaired) electrons. The molecule has 0 aromatic heterocycles. The summed E-state index contributed by atoms with van der Waals surface area (Å²) in [5.74, 6) is -0.429. The molecule has 1 N–H and O–H groups in total. The number of nitrogens with one attached hydrogen (secondary N) is 1. The van der Waals surface area contributed by atoms with Crippen molar-refractivity contribution in [1.29, 1.82) is 0 Å². The normalized spacial score (nSPS) is 15.7. The van der Waals surface area contributed by atoms with Crippen LogP contribution in [0.2, 0.25) is 0 Å². The summed E-state index contributed by atoms with van der Waals surface area (Å²) in [7, 11) is 1.55. The monoisotopic (exact) mass is 426 g/mol. The van der Waals surface area contributed by atoms with E-state index in [1.807, 2.05) is 13.8 Å². The highest BCUT2D eigenvalue weighted by atomic mass is 16.5. The zero-order valence-corrected chi connectivity index (χ0v) is 17.8. The second-order valence-electron chi connectivity index (χ2n) is 7.45. The molecule has 8 heteroatoms. The Morgan fingerprint density at radius 2 is 1.71 bits per heavy atom. The van der Waals surface area contributed by atoms with E-state index in [0.29, 0.717) is 22.9 Å². The molecule has 0 spiro atoms. The van der Waals surface area contributed by atoms with Crippen LogP contribution in [0.25, 0.3) is 0 Å². The van der Waals surface area contributed by atoms with Crippen LogP contribution in [0.15, 0.2) is 48.5 Å². The number of amides is 2. The van der Waals surface area contributed by atoms with Gasteiger partial charge in [0.1, 0.15) is 11.5 Å². The Labute approximate surface area is 181 Å². The van der Waals surface area contributed by atoms with Gasteiger partial charge in [-0.25, -0.2) is 0 Å². The third-order valence-corrected chi connectivity index (χ3v) is 4.70. The first-order chi connectivity index (χ1) is 14.9. The summed E-state index contributed by atoms with van der Waals surface area (Å²) >= 11 is 0. The van der Waals surface area contributed by atoms with E-state index in [1.54, 1.807) is 60.5 Å². The van der Waals surface area contributed by atoms with Crippen LogP contribution >= 0.6 is 0 Å². The molecule has 1 heterocycles. The standard InChI is InChI=1S/C23H26N2O6/c1-15(2)31-20-10-6-18(7-11-20)25-13-16(12-22(25)27)23(28)30-14-21(26)24-17-4-8-19(29-3)9-5-17/h4-11,15-16H,12-14H2,1-3H3,(H,24,26)/t16-/m1/s1. The van der Waals surface area contributed by atoms with Crippen molar-refractivity contribution >= 4 is 29.2 Å². The van der Waals surface area contributed by atoms with Gasteiger partial charge in [-0.2, -0.15) is 0 Å². The van der Waals surface area contributed by atoms with Gasteiger partial charge in [0, 0.05) is 24.3 Å². The van der Waals surface area contributed by atoms with Crippen LogP contribution < -0.4 is 19.7 Å².